The van der Waals surface area contributed by atoms with Crippen LogP contribution in [0.1, 0.15) is 22.6 Å². The molecule has 0 radical (unpaired) electrons. The van der Waals surface area contributed by atoms with Crippen LogP contribution in [0, 0.1) is 11.7 Å². The number of ether oxygens (including phenoxy) is 1. The van der Waals surface area contributed by atoms with E-state index in [1.54, 1.807) is 6.07 Å². The van der Waals surface area contributed by atoms with Crippen LogP contribution >= 0.6 is 0 Å². The van der Waals surface area contributed by atoms with E-state index in [0.29, 0.717) is 0 Å². The number of halogens is 1. The first kappa shape index (κ1) is 20.8. The van der Waals surface area contributed by atoms with Crippen LogP contribution in [-0.4, -0.2) is 29.7 Å². The highest BCUT2D eigenvalue weighted by molar-refractivity contribution is 5.95. The summed E-state index contributed by atoms with van der Waals surface area (Å²) in [5.41, 5.74) is 10.5. The monoisotopic (exact) mass is 419 g/mol. The maximum atomic E-state index is 13.9. The molecule has 2 atom stereocenters. The van der Waals surface area contributed by atoms with Crippen LogP contribution in [0.3, 0.4) is 0 Å². The van der Waals surface area contributed by atoms with Gasteiger partial charge in [0.2, 0.25) is 0 Å². The molecule has 0 saturated heterocycles. The maximum absolute atomic E-state index is 13.9. The molecule has 0 bridgehead atoms. The molecule has 6 heteroatoms. The number of carboxylic acids is 1. The van der Waals surface area contributed by atoms with Gasteiger partial charge in [0, 0.05) is 12.0 Å². The Balaban J connectivity index is 1.50. The molecule has 31 heavy (non-hydrogen) atoms. The van der Waals surface area contributed by atoms with Crippen molar-refractivity contribution in [2.45, 2.75) is 18.4 Å². The molecule has 0 fully saturated rings. The second-order valence-electron chi connectivity index (χ2n) is 7.63. The molecule has 0 aromatic heterocycles. The van der Waals surface area contributed by atoms with Crippen molar-refractivity contribution in [2.75, 3.05) is 6.61 Å². The summed E-state index contributed by atoms with van der Waals surface area (Å²) < 4.78 is 19.4. The van der Waals surface area contributed by atoms with Gasteiger partial charge in [-0.3, -0.25) is 9.59 Å². The largest absolute Gasteiger partial charge is 0.481 e. The Hall–Kier alpha value is -3.51. The summed E-state index contributed by atoms with van der Waals surface area (Å²) in [5, 5.41) is 9.59. The van der Waals surface area contributed by atoms with E-state index in [1.165, 1.54) is 18.2 Å². The molecule has 1 aliphatic rings. The van der Waals surface area contributed by atoms with Gasteiger partial charge in [0.05, 0.1) is 0 Å². The summed E-state index contributed by atoms with van der Waals surface area (Å²) >= 11 is 0. The number of benzene rings is 3. The Morgan fingerprint density at radius 2 is 1.48 bits per heavy atom. The fraction of sp³-hybridized carbons (Fsp3) is 0.200. The van der Waals surface area contributed by atoms with Crippen molar-refractivity contribution in [1.29, 1.82) is 0 Å². The molecule has 1 aliphatic carbocycles. The summed E-state index contributed by atoms with van der Waals surface area (Å²) in [6.45, 7) is 0.00303. The van der Waals surface area contributed by atoms with E-state index in [2.05, 4.69) is 0 Å². The van der Waals surface area contributed by atoms with Crippen molar-refractivity contribution >= 4 is 11.9 Å². The molecule has 3 N–H and O–H groups in total. The summed E-state index contributed by atoms with van der Waals surface area (Å²) in [5.74, 6) is -4.58. The third kappa shape index (κ3) is 4.07. The van der Waals surface area contributed by atoms with Gasteiger partial charge in [-0.1, -0.05) is 66.7 Å². The number of carboxylic acid groups (broad SMARTS) is 1. The van der Waals surface area contributed by atoms with E-state index in [1.807, 2.05) is 48.5 Å². The van der Waals surface area contributed by atoms with E-state index in [4.69, 9.17) is 10.5 Å². The van der Waals surface area contributed by atoms with Crippen molar-refractivity contribution in [2.24, 2.45) is 11.7 Å². The minimum Gasteiger partial charge on any atom is -0.481 e. The number of nitrogens with two attached hydrogens (primary N) is 1. The number of carbonyl (C=O) groups is 2. The second kappa shape index (κ2) is 8.70. The minimum absolute atomic E-state index is 0.00303. The highest BCUT2D eigenvalue weighted by Gasteiger charge is 2.36. The summed E-state index contributed by atoms with van der Waals surface area (Å²) in [7, 11) is 0. The molecule has 0 amide bonds. The van der Waals surface area contributed by atoms with Crippen molar-refractivity contribution < 1.29 is 23.8 Å². The predicted molar refractivity (Wildman–Crippen MR) is 114 cm³/mol. The summed E-state index contributed by atoms with van der Waals surface area (Å²) in [6, 6.07) is 20.6. The van der Waals surface area contributed by atoms with E-state index in [9.17, 15) is 19.1 Å². The van der Waals surface area contributed by atoms with E-state index in [0.717, 1.165) is 22.3 Å². The first-order valence-corrected chi connectivity index (χ1v) is 10.0. The Bertz CT molecular complexity index is 1080. The third-order valence-electron chi connectivity index (χ3n) is 5.72. The van der Waals surface area contributed by atoms with Crippen molar-refractivity contribution in [3.63, 3.8) is 0 Å². The van der Waals surface area contributed by atoms with Gasteiger partial charge < -0.3 is 15.6 Å². The molecule has 0 heterocycles. The van der Waals surface area contributed by atoms with Gasteiger partial charge in [-0.25, -0.2) is 4.39 Å². The Kier molecular flexibility index (Phi) is 5.82. The predicted octanol–water partition coefficient (Wildman–Crippen LogP) is 3.75. The maximum Gasteiger partial charge on any atom is 0.321 e. The van der Waals surface area contributed by atoms with Gasteiger partial charge in [0.15, 0.2) is 5.92 Å². The fourth-order valence-corrected chi connectivity index (χ4v) is 4.19. The summed E-state index contributed by atoms with van der Waals surface area (Å²) in [4.78, 5) is 24.5. The highest BCUT2D eigenvalue weighted by atomic mass is 19.1. The van der Waals surface area contributed by atoms with Crippen LogP contribution in [0.15, 0.2) is 72.8 Å². The van der Waals surface area contributed by atoms with Crippen LogP contribution in [0.4, 0.5) is 4.39 Å². The number of carbonyl (C=O) groups excluding carboxylic acids is 1. The lowest BCUT2D eigenvalue weighted by molar-refractivity contribution is -0.159. The zero-order valence-corrected chi connectivity index (χ0v) is 16.7. The van der Waals surface area contributed by atoms with Gasteiger partial charge in [0.1, 0.15) is 12.4 Å². The second-order valence-corrected chi connectivity index (χ2v) is 7.63. The smallest absolute Gasteiger partial charge is 0.321 e. The standard InChI is InChI=1S/C25H22FNO4/c26-21-12-6-1-7-15(21)13-22(27)23(24(28)29)25(30)31-14-20-18-10-4-2-8-16(18)17-9-3-5-11-19(17)20/h1-12,20,22-23H,13-14,27H2,(H,28,29)/t22-,23+/m1/s1. The number of hydrogen-bond acceptors (Lipinski definition) is 4. The fourth-order valence-electron chi connectivity index (χ4n) is 4.19. The zero-order valence-electron chi connectivity index (χ0n) is 16.7. The third-order valence-corrected chi connectivity index (χ3v) is 5.72. The normalized spacial score (nSPS) is 14.4. The quantitative estimate of drug-likeness (QED) is 0.450. The minimum atomic E-state index is -1.59. The molecule has 0 unspecified atom stereocenters. The topological polar surface area (TPSA) is 89.6 Å². The molecule has 0 spiro atoms. The zero-order chi connectivity index (χ0) is 22.0. The SMILES string of the molecule is N[C@H](Cc1ccccc1F)[C@@H](C(=O)O)C(=O)OCC1c2ccccc2-c2ccccc21. The molecule has 0 aliphatic heterocycles. The lowest BCUT2D eigenvalue weighted by Gasteiger charge is -2.21. The lowest BCUT2D eigenvalue weighted by Crippen LogP contribution is -2.43. The van der Waals surface area contributed by atoms with E-state index >= 15 is 0 Å². The average molecular weight is 419 g/mol. The Morgan fingerprint density at radius 3 is 2.06 bits per heavy atom. The molecular weight excluding hydrogens is 397 g/mol. The molecule has 4 rings (SSSR count). The van der Waals surface area contributed by atoms with Crippen molar-refractivity contribution in [3.8, 4) is 11.1 Å². The van der Waals surface area contributed by atoms with E-state index < -0.39 is 29.7 Å². The van der Waals surface area contributed by atoms with Crippen molar-refractivity contribution in [3.05, 3.63) is 95.3 Å². The van der Waals surface area contributed by atoms with Crippen LogP contribution < -0.4 is 5.73 Å². The van der Waals surface area contributed by atoms with Crippen LogP contribution in [0.25, 0.3) is 11.1 Å². The van der Waals surface area contributed by atoms with E-state index in [-0.39, 0.29) is 24.5 Å². The van der Waals surface area contributed by atoms with Gasteiger partial charge in [-0.15, -0.1) is 0 Å². The molecule has 158 valence electrons. The average Bonchev–Trinajstić information content (AvgIpc) is 3.07. The molecule has 5 nitrogen and oxygen atoms in total. The number of fused-ring (bicyclic) bond motifs is 3. The molecule has 3 aromatic rings. The first-order chi connectivity index (χ1) is 15.0. The molecule has 3 aromatic carbocycles. The van der Waals surface area contributed by atoms with Gasteiger partial charge in [-0.2, -0.15) is 0 Å². The van der Waals surface area contributed by atoms with Crippen LogP contribution in [-0.2, 0) is 20.7 Å². The first-order valence-electron chi connectivity index (χ1n) is 10.0. The molecular formula is C25H22FNO4. The van der Waals surface area contributed by atoms with Gasteiger partial charge >= 0.3 is 11.9 Å². The Labute approximate surface area is 179 Å². The Morgan fingerprint density at radius 1 is 0.935 bits per heavy atom. The van der Waals surface area contributed by atoms with Gasteiger partial charge in [0.25, 0.3) is 0 Å². The van der Waals surface area contributed by atoms with Crippen molar-refractivity contribution in [1.82, 2.24) is 0 Å². The number of rotatable bonds is 7. The van der Waals surface area contributed by atoms with Crippen LogP contribution in [0.5, 0.6) is 0 Å². The number of aliphatic carboxylic acids is 1. The number of esters is 1. The molecule has 0 saturated carbocycles. The highest BCUT2D eigenvalue weighted by Crippen LogP contribution is 2.44. The lowest BCUT2D eigenvalue weighted by atomic mass is 9.93. The van der Waals surface area contributed by atoms with Crippen LogP contribution in [0.2, 0.25) is 0 Å². The van der Waals surface area contributed by atoms with Gasteiger partial charge in [-0.05, 0) is 40.3 Å². The number of hydrogen-bond donors (Lipinski definition) is 2. The summed E-state index contributed by atoms with van der Waals surface area (Å²) in [6.07, 6.45) is -0.0894.